The van der Waals surface area contributed by atoms with Crippen LogP contribution < -0.4 is 0 Å². The molecule has 3 heteroatoms. The van der Waals surface area contributed by atoms with E-state index in [2.05, 4.69) is 91.0 Å². The fraction of sp³-hybridized carbons (Fsp3) is 0.100. The Morgan fingerprint density at radius 2 is 0.870 bits per heavy atom. The van der Waals surface area contributed by atoms with E-state index in [-0.39, 0.29) is 0 Å². The fourth-order valence-corrected chi connectivity index (χ4v) is 14.1. The summed E-state index contributed by atoms with van der Waals surface area (Å²) in [6, 6.07) is 33.6. The minimum absolute atomic E-state index is 1.27. The SMILES string of the molecule is [SiH3][SH]([SiH3])(Cc1ccccc1)(Cc1ccccc1)c1ccccc1. The summed E-state index contributed by atoms with van der Waals surface area (Å²) in [7, 11) is 0.732. The highest BCUT2D eigenvalue weighted by atomic mass is 32.7. The molecule has 0 bridgehead atoms. The lowest BCUT2D eigenvalue weighted by atomic mass is 10.2. The number of thiol groups is 1. The molecule has 0 saturated carbocycles. The van der Waals surface area contributed by atoms with Crippen LogP contribution in [0.5, 0.6) is 0 Å². The van der Waals surface area contributed by atoms with Crippen molar-refractivity contribution in [2.24, 2.45) is 0 Å². The van der Waals surface area contributed by atoms with E-state index in [0.717, 1.165) is 0 Å². The van der Waals surface area contributed by atoms with Crippen molar-refractivity contribution in [2.75, 3.05) is 0 Å². The van der Waals surface area contributed by atoms with E-state index in [0.29, 0.717) is 0 Å². The zero-order valence-electron chi connectivity index (χ0n) is 14.0. The molecule has 0 N–H and O–H groups in total. The van der Waals surface area contributed by atoms with Crippen molar-refractivity contribution in [3.05, 3.63) is 102 Å². The largest absolute Gasteiger partial charge is 0.281 e. The van der Waals surface area contributed by atoms with Crippen molar-refractivity contribution < 1.29 is 0 Å². The maximum atomic E-state index is 2.39. The minimum Gasteiger partial charge on any atom is -0.281 e. The molecule has 0 atom stereocenters. The van der Waals surface area contributed by atoms with Crippen molar-refractivity contribution in [3.63, 3.8) is 0 Å². The van der Waals surface area contributed by atoms with Crippen molar-refractivity contribution >= 4 is 26.8 Å². The highest BCUT2D eigenvalue weighted by Gasteiger charge is 2.33. The Balaban J connectivity index is 2.05. The monoisotopic (exact) mass is 354 g/mol. The molecule has 0 nitrogen and oxygen atoms in total. The van der Waals surface area contributed by atoms with Crippen LogP contribution in [0.4, 0.5) is 0 Å². The number of benzene rings is 3. The lowest BCUT2D eigenvalue weighted by molar-refractivity contribution is 1.28. The molecule has 3 rings (SSSR count). The van der Waals surface area contributed by atoms with Crippen molar-refractivity contribution in [2.45, 2.75) is 16.4 Å². The van der Waals surface area contributed by atoms with Gasteiger partial charge in [-0.05, 0) is 27.5 Å². The maximum Gasteiger partial charge on any atom is 0.0345 e. The molecule has 0 unspecified atom stereocenters. The molecule has 0 amide bonds. The molecule has 0 saturated heterocycles. The van der Waals surface area contributed by atoms with Gasteiger partial charge in [-0.3, -0.25) is 8.06 Å². The molecule has 0 aliphatic rings. The molecule has 0 spiro atoms. The number of hydrogen-bond acceptors (Lipinski definition) is 0. The normalized spacial score (nSPS) is 13.5. The highest BCUT2D eigenvalue weighted by molar-refractivity contribution is 8.76. The lowest BCUT2D eigenvalue weighted by Crippen LogP contribution is -2.24. The van der Waals surface area contributed by atoms with Crippen LogP contribution in [0.1, 0.15) is 11.1 Å². The Bertz CT molecular complexity index is 710. The van der Waals surface area contributed by atoms with Crippen LogP contribution in [0.15, 0.2) is 95.9 Å². The quantitative estimate of drug-likeness (QED) is 0.528. The van der Waals surface area contributed by atoms with Crippen molar-refractivity contribution in [3.8, 4) is 0 Å². The summed E-state index contributed by atoms with van der Waals surface area (Å²) in [5, 5.41) is 0. The van der Waals surface area contributed by atoms with E-state index >= 15 is 0 Å². The van der Waals surface area contributed by atoms with E-state index in [4.69, 9.17) is 0 Å². The Kier molecular flexibility index (Phi) is 4.62. The van der Waals surface area contributed by atoms with Gasteiger partial charge in [0.05, 0.1) is 0 Å². The van der Waals surface area contributed by atoms with Crippen LogP contribution in [-0.2, 0) is 11.5 Å². The molecular formula is C20H26SSi2. The van der Waals surface area contributed by atoms with Gasteiger partial charge in [-0.25, -0.2) is 0 Å². The molecule has 0 heterocycles. The first-order valence-electron chi connectivity index (χ1n) is 8.19. The second kappa shape index (κ2) is 6.51. The topological polar surface area (TPSA) is 0 Å². The summed E-state index contributed by atoms with van der Waals surface area (Å²) in [5.74, 6) is 2.54. The second-order valence-electron chi connectivity index (χ2n) is 7.32. The van der Waals surface area contributed by atoms with Crippen LogP contribution in [0.3, 0.4) is 0 Å². The fourth-order valence-electron chi connectivity index (χ4n) is 3.51. The Morgan fingerprint density at radius 3 is 1.26 bits per heavy atom. The lowest BCUT2D eigenvalue weighted by Gasteiger charge is -2.56. The van der Waals surface area contributed by atoms with Crippen LogP contribution in [0.2, 0.25) is 0 Å². The van der Waals surface area contributed by atoms with E-state index in [1.807, 2.05) is 0 Å². The van der Waals surface area contributed by atoms with Crippen molar-refractivity contribution in [1.29, 1.82) is 0 Å². The maximum absolute atomic E-state index is 2.39. The zero-order valence-corrected chi connectivity index (χ0v) is 18.9. The van der Waals surface area contributed by atoms with E-state index in [9.17, 15) is 0 Å². The smallest absolute Gasteiger partial charge is 0.0345 e. The summed E-state index contributed by atoms with van der Waals surface area (Å²) < 4.78 is 0. The summed E-state index contributed by atoms with van der Waals surface area (Å²) in [5.41, 5.74) is 3.02. The van der Waals surface area contributed by atoms with Crippen LogP contribution >= 0.6 is 8.06 Å². The third-order valence-electron chi connectivity index (χ3n) is 4.70. The van der Waals surface area contributed by atoms with Gasteiger partial charge in [-0.2, -0.15) is 0 Å². The molecule has 3 aromatic carbocycles. The minimum atomic E-state index is -1.82. The summed E-state index contributed by atoms with van der Waals surface area (Å²) in [6.45, 7) is 0. The number of rotatable bonds is 5. The van der Waals surface area contributed by atoms with Crippen LogP contribution in [-0.4, -0.2) is 18.8 Å². The first-order valence-corrected chi connectivity index (χ1v) is 17.1. The van der Waals surface area contributed by atoms with Crippen LogP contribution in [0, 0.1) is 0 Å². The summed E-state index contributed by atoms with van der Waals surface area (Å²) in [4.78, 5) is 1.64. The van der Waals surface area contributed by atoms with Crippen molar-refractivity contribution in [1.82, 2.24) is 0 Å². The highest BCUT2D eigenvalue weighted by Crippen LogP contribution is 2.71. The molecule has 120 valence electrons. The molecule has 0 radical (unpaired) electrons. The first-order chi connectivity index (χ1) is 11.1. The molecule has 0 fully saturated rings. The van der Waals surface area contributed by atoms with Gasteiger partial charge in [-0.15, -0.1) is 0 Å². The first kappa shape index (κ1) is 16.3. The molecular weight excluding hydrogens is 328 g/mol. The standard InChI is InChI=1S/C20H26SSi2/c22-21(23,20-14-8-3-9-15-20,16-18-10-4-1-5-11-18)17-19-12-6-2-7-13-19/h1-15,21H,16-17H2,22-23H3. The zero-order chi connectivity index (χ0) is 16.2. The van der Waals surface area contributed by atoms with Gasteiger partial charge < -0.3 is 0 Å². The van der Waals surface area contributed by atoms with Gasteiger partial charge >= 0.3 is 0 Å². The second-order valence-corrected chi connectivity index (χ2v) is 34.9. The molecule has 0 aromatic heterocycles. The van der Waals surface area contributed by atoms with Gasteiger partial charge in [0.25, 0.3) is 0 Å². The average molecular weight is 355 g/mol. The summed E-state index contributed by atoms with van der Waals surface area (Å²) >= 11 is 0. The molecule has 0 aliphatic heterocycles. The Morgan fingerprint density at radius 1 is 0.522 bits per heavy atom. The molecule has 23 heavy (non-hydrogen) atoms. The van der Waals surface area contributed by atoms with E-state index in [1.165, 1.54) is 41.4 Å². The van der Waals surface area contributed by atoms with E-state index < -0.39 is 8.06 Å². The van der Waals surface area contributed by atoms with Gasteiger partial charge in [0, 0.05) is 18.8 Å². The Hall–Kier alpha value is -1.56. The third kappa shape index (κ3) is 3.86. The third-order valence-corrected chi connectivity index (χ3v) is 16.4. The van der Waals surface area contributed by atoms with E-state index in [1.54, 1.807) is 4.90 Å². The summed E-state index contributed by atoms with van der Waals surface area (Å²) in [6.07, 6.45) is 0. The predicted molar refractivity (Wildman–Crippen MR) is 114 cm³/mol. The Labute approximate surface area is 145 Å². The van der Waals surface area contributed by atoms with Crippen LogP contribution in [0.25, 0.3) is 0 Å². The van der Waals surface area contributed by atoms with Gasteiger partial charge in [0.15, 0.2) is 0 Å². The van der Waals surface area contributed by atoms with Gasteiger partial charge in [0.1, 0.15) is 0 Å². The molecule has 3 aromatic rings. The van der Waals surface area contributed by atoms with Gasteiger partial charge in [0.2, 0.25) is 0 Å². The molecule has 0 aliphatic carbocycles. The van der Waals surface area contributed by atoms with Gasteiger partial charge in [-0.1, -0.05) is 91.0 Å². The number of hydrogen-bond donors (Lipinski definition) is 1. The average Bonchev–Trinajstić information content (AvgIpc) is 2.57. The predicted octanol–water partition coefficient (Wildman–Crippen LogP) is 3.08.